The molecular formula is C11H20N4S. The molecule has 5 heteroatoms. The van der Waals surface area contributed by atoms with Crippen molar-refractivity contribution in [3.05, 3.63) is 12.2 Å². The molecule has 1 saturated heterocycles. The van der Waals surface area contributed by atoms with Crippen LogP contribution in [0.4, 0.5) is 0 Å². The fourth-order valence-electron chi connectivity index (χ4n) is 2.27. The molecule has 1 unspecified atom stereocenters. The summed E-state index contributed by atoms with van der Waals surface area (Å²) in [5, 5.41) is 6.98. The van der Waals surface area contributed by atoms with E-state index in [-0.39, 0.29) is 0 Å². The number of aromatic nitrogens is 3. The second-order valence-corrected chi connectivity index (χ2v) is 5.51. The molecular weight excluding hydrogens is 220 g/mol. The van der Waals surface area contributed by atoms with Gasteiger partial charge in [-0.25, -0.2) is 4.98 Å². The van der Waals surface area contributed by atoms with Gasteiger partial charge in [0, 0.05) is 12.3 Å². The standard InChI is InChI=1S/C11H20N4S/c1-2-16-8-7-15-6-4-3-5-10(15)11-12-9-13-14-11/h9-10H,2-8H2,1H3,(H,12,13,14). The van der Waals surface area contributed by atoms with Gasteiger partial charge in [-0.2, -0.15) is 16.9 Å². The van der Waals surface area contributed by atoms with Crippen LogP contribution >= 0.6 is 11.8 Å². The van der Waals surface area contributed by atoms with Crippen LogP contribution in [0.5, 0.6) is 0 Å². The summed E-state index contributed by atoms with van der Waals surface area (Å²) in [4.78, 5) is 6.85. The fraction of sp³-hybridized carbons (Fsp3) is 0.818. The predicted octanol–water partition coefficient (Wildman–Crippen LogP) is 2.08. The molecule has 1 aromatic heterocycles. The van der Waals surface area contributed by atoms with Crippen molar-refractivity contribution in [2.45, 2.75) is 32.2 Å². The van der Waals surface area contributed by atoms with Gasteiger partial charge < -0.3 is 0 Å². The zero-order chi connectivity index (χ0) is 11.2. The molecule has 1 aliphatic heterocycles. The summed E-state index contributed by atoms with van der Waals surface area (Å²) in [6.45, 7) is 4.59. The number of rotatable bonds is 5. The minimum Gasteiger partial charge on any atom is -0.293 e. The van der Waals surface area contributed by atoms with Gasteiger partial charge in [-0.15, -0.1) is 0 Å². The SMILES string of the molecule is CCSCCN1CCCCC1c1ncn[nH]1. The smallest absolute Gasteiger partial charge is 0.141 e. The van der Waals surface area contributed by atoms with Crippen LogP contribution in [0.1, 0.15) is 38.1 Å². The Balaban J connectivity index is 1.92. The molecule has 0 aliphatic carbocycles. The fourth-order valence-corrected chi connectivity index (χ4v) is 2.92. The van der Waals surface area contributed by atoms with Crippen molar-refractivity contribution in [3.63, 3.8) is 0 Å². The van der Waals surface area contributed by atoms with Crippen molar-refractivity contribution < 1.29 is 0 Å². The van der Waals surface area contributed by atoms with Gasteiger partial charge in [-0.05, 0) is 25.1 Å². The van der Waals surface area contributed by atoms with E-state index >= 15 is 0 Å². The maximum atomic E-state index is 4.30. The van der Waals surface area contributed by atoms with E-state index in [2.05, 4.69) is 27.0 Å². The molecule has 0 amide bonds. The number of hydrogen-bond acceptors (Lipinski definition) is 4. The third kappa shape index (κ3) is 2.98. The molecule has 1 aromatic rings. The number of piperidine rings is 1. The number of aromatic amines is 1. The summed E-state index contributed by atoms with van der Waals surface area (Å²) in [5.41, 5.74) is 0. The van der Waals surface area contributed by atoms with Crippen LogP contribution in [-0.2, 0) is 0 Å². The first-order valence-corrected chi connectivity index (χ1v) is 7.24. The summed E-state index contributed by atoms with van der Waals surface area (Å²) in [6, 6.07) is 0.466. The third-order valence-electron chi connectivity index (χ3n) is 3.09. The van der Waals surface area contributed by atoms with Crippen molar-refractivity contribution in [2.24, 2.45) is 0 Å². The Morgan fingerprint density at radius 2 is 2.50 bits per heavy atom. The lowest BCUT2D eigenvalue weighted by molar-refractivity contribution is 0.152. The Morgan fingerprint density at radius 3 is 3.25 bits per heavy atom. The second kappa shape index (κ2) is 6.25. The van der Waals surface area contributed by atoms with E-state index in [1.807, 2.05) is 11.8 Å². The highest BCUT2D eigenvalue weighted by Crippen LogP contribution is 2.28. The highest BCUT2D eigenvalue weighted by molar-refractivity contribution is 7.99. The predicted molar refractivity (Wildman–Crippen MR) is 67.5 cm³/mol. The Bertz CT molecular complexity index is 288. The van der Waals surface area contributed by atoms with Gasteiger partial charge in [0.2, 0.25) is 0 Å². The molecule has 0 aromatic carbocycles. The zero-order valence-corrected chi connectivity index (χ0v) is 10.7. The summed E-state index contributed by atoms with van der Waals surface area (Å²) >= 11 is 2.01. The van der Waals surface area contributed by atoms with E-state index in [0.29, 0.717) is 6.04 Å². The van der Waals surface area contributed by atoms with Crippen LogP contribution in [-0.4, -0.2) is 44.7 Å². The van der Waals surface area contributed by atoms with Crippen LogP contribution < -0.4 is 0 Å². The monoisotopic (exact) mass is 240 g/mol. The molecule has 2 rings (SSSR count). The lowest BCUT2D eigenvalue weighted by Crippen LogP contribution is -2.35. The summed E-state index contributed by atoms with van der Waals surface area (Å²) < 4.78 is 0. The number of hydrogen-bond donors (Lipinski definition) is 1. The van der Waals surface area contributed by atoms with Crippen LogP contribution in [0.3, 0.4) is 0 Å². The van der Waals surface area contributed by atoms with E-state index < -0.39 is 0 Å². The molecule has 0 bridgehead atoms. The molecule has 90 valence electrons. The molecule has 1 atom stereocenters. The Kier molecular flexibility index (Phi) is 4.66. The summed E-state index contributed by atoms with van der Waals surface area (Å²) in [5.74, 6) is 3.48. The molecule has 4 nitrogen and oxygen atoms in total. The minimum absolute atomic E-state index is 0.466. The maximum Gasteiger partial charge on any atom is 0.141 e. The largest absolute Gasteiger partial charge is 0.293 e. The van der Waals surface area contributed by atoms with Gasteiger partial charge >= 0.3 is 0 Å². The summed E-state index contributed by atoms with van der Waals surface area (Å²) in [7, 11) is 0. The average Bonchev–Trinajstić information content (AvgIpc) is 2.83. The normalized spacial score (nSPS) is 22.4. The van der Waals surface area contributed by atoms with Gasteiger partial charge in [-0.3, -0.25) is 10.00 Å². The van der Waals surface area contributed by atoms with E-state index in [4.69, 9.17) is 0 Å². The lowest BCUT2D eigenvalue weighted by Gasteiger charge is -2.34. The molecule has 0 radical (unpaired) electrons. The number of nitrogens with zero attached hydrogens (tertiary/aromatic N) is 3. The topological polar surface area (TPSA) is 44.8 Å². The van der Waals surface area contributed by atoms with E-state index in [1.165, 1.54) is 43.9 Å². The van der Waals surface area contributed by atoms with Gasteiger partial charge in [0.15, 0.2) is 0 Å². The van der Waals surface area contributed by atoms with Crippen LogP contribution in [0, 0.1) is 0 Å². The maximum absolute atomic E-state index is 4.30. The van der Waals surface area contributed by atoms with Crippen molar-refractivity contribution in [3.8, 4) is 0 Å². The van der Waals surface area contributed by atoms with Gasteiger partial charge in [-0.1, -0.05) is 13.3 Å². The Hall–Kier alpha value is -0.550. The molecule has 1 fully saturated rings. The minimum atomic E-state index is 0.466. The lowest BCUT2D eigenvalue weighted by atomic mass is 10.0. The first-order valence-electron chi connectivity index (χ1n) is 6.09. The number of thioether (sulfide) groups is 1. The van der Waals surface area contributed by atoms with Gasteiger partial charge in [0.1, 0.15) is 12.2 Å². The van der Waals surface area contributed by atoms with Gasteiger partial charge in [0.05, 0.1) is 6.04 Å². The Labute approximate surface area is 101 Å². The molecule has 16 heavy (non-hydrogen) atoms. The second-order valence-electron chi connectivity index (χ2n) is 4.12. The van der Waals surface area contributed by atoms with E-state index in [1.54, 1.807) is 6.33 Å². The highest BCUT2D eigenvalue weighted by atomic mass is 32.2. The quantitative estimate of drug-likeness (QED) is 0.800. The number of nitrogens with one attached hydrogen (secondary N) is 1. The first kappa shape index (κ1) is 11.9. The van der Waals surface area contributed by atoms with E-state index in [0.717, 1.165) is 5.82 Å². The third-order valence-corrected chi connectivity index (χ3v) is 3.97. The van der Waals surface area contributed by atoms with Gasteiger partial charge in [0.25, 0.3) is 0 Å². The van der Waals surface area contributed by atoms with Crippen molar-refractivity contribution >= 4 is 11.8 Å². The number of H-pyrrole nitrogens is 1. The van der Waals surface area contributed by atoms with Crippen molar-refractivity contribution in [2.75, 3.05) is 24.6 Å². The molecule has 1 N–H and O–H groups in total. The number of likely N-dealkylation sites (tertiary alicyclic amines) is 1. The molecule has 2 heterocycles. The zero-order valence-electron chi connectivity index (χ0n) is 9.85. The van der Waals surface area contributed by atoms with Crippen molar-refractivity contribution in [1.29, 1.82) is 0 Å². The van der Waals surface area contributed by atoms with Crippen LogP contribution in [0.25, 0.3) is 0 Å². The first-order chi connectivity index (χ1) is 7.92. The van der Waals surface area contributed by atoms with E-state index in [9.17, 15) is 0 Å². The average molecular weight is 240 g/mol. The summed E-state index contributed by atoms with van der Waals surface area (Å²) in [6.07, 6.45) is 5.46. The van der Waals surface area contributed by atoms with Crippen molar-refractivity contribution in [1.82, 2.24) is 20.1 Å². The highest BCUT2D eigenvalue weighted by Gasteiger charge is 2.25. The Morgan fingerprint density at radius 1 is 1.56 bits per heavy atom. The van der Waals surface area contributed by atoms with Crippen LogP contribution in [0.2, 0.25) is 0 Å². The molecule has 1 aliphatic rings. The molecule has 0 spiro atoms. The molecule has 0 saturated carbocycles. The van der Waals surface area contributed by atoms with Crippen LogP contribution in [0.15, 0.2) is 6.33 Å².